The average molecular weight is 296 g/mol. The highest BCUT2D eigenvalue weighted by Crippen LogP contribution is 2.26. The molecule has 1 heterocycles. The molecule has 3 rings (SSSR count). The maximum Gasteiger partial charge on any atom is 0.400 e. The van der Waals surface area contributed by atoms with E-state index in [9.17, 15) is 4.79 Å². The molecule has 5 nitrogen and oxygen atoms in total. The predicted molar refractivity (Wildman–Crippen MR) is 84.0 cm³/mol. The number of hydrogen-bond donors (Lipinski definition) is 1. The van der Waals surface area contributed by atoms with Crippen LogP contribution >= 0.6 is 0 Å². The molecule has 3 aromatic rings. The van der Waals surface area contributed by atoms with Crippen LogP contribution in [0.4, 0.5) is 5.69 Å². The van der Waals surface area contributed by atoms with E-state index in [0.29, 0.717) is 11.3 Å². The molecule has 1 aromatic heterocycles. The second-order valence-corrected chi connectivity index (χ2v) is 5.22. The normalized spacial score (nSPS) is 10.9. The van der Waals surface area contributed by atoms with Crippen LogP contribution in [0, 0.1) is 5.92 Å². The fourth-order valence-electron chi connectivity index (χ4n) is 1.89. The zero-order valence-electron chi connectivity index (χ0n) is 12.4. The number of rotatable bonds is 4. The summed E-state index contributed by atoms with van der Waals surface area (Å²) in [4.78, 5) is 15.9. The van der Waals surface area contributed by atoms with Gasteiger partial charge in [0.2, 0.25) is 5.91 Å². The monoisotopic (exact) mass is 296 g/mol. The molecule has 0 spiro atoms. The van der Waals surface area contributed by atoms with Gasteiger partial charge in [-0.3, -0.25) is 4.79 Å². The quantitative estimate of drug-likeness (QED) is 0.783. The summed E-state index contributed by atoms with van der Waals surface area (Å²) < 4.78 is 11.1. The molecule has 1 amide bonds. The molecule has 22 heavy (non-hydrogen) atoms. The number of fused-ring (bicyclic) bond motifs is 1. The third-order valence-electron chi connectivity index (χ3n) is 3.13. The molecule has 0 aliphatic heterocycles. The summed E-state index contributed by atoms with van der Waals surface area (Å²) in [5, 5.41) is 2.82. The minimum Gasteiger partial charge on any atom is -0.411 e. The largest absolute Gasteiger partial charge is 0.411 e. The van der Waals surface area contributed by atoms with E-state index >= 15 is 0 Å². The van der Waals surface area contributed by atoms with Crippen molar-refractivity contribution in [1.82, 2.24) is 4.98 Å². The first-order valence-electron chi connectivity index (χ1n) is 7.06. The van der Waals surface area contributed by atoms with Gasteiger partial charge in [-0.25, -0.2) is 0 Å². The van der Waals surface area contributed by atoms with Gasteiger partial charge in [-0.15, -0.1) is 0 Å². The molecular weight excluding hydrogens is 280 g/mol. The van der Waals surface area contributed by atoms with Gasteiger partial charge in [0.15, 0.2) is 5.58 Å². The first-order chi connectivity index (χ1) is 10.6. The molecule has 0 saturated carbocycles. The van der Waals surface area contributed by atoms with E-state index in [1.165, 1.54) is 0 Å². The summed E-state index contributed by atoms with van der Waals surface area (Å²) in [6.45, 7) is 3.69. The molecule has 0 atom stereocenters. The summed E-state index contributed by atoms with van der Waals surface area (Å²) in [7, 11) is 0. The maximum atomic E-state index is 11.6. The number of benzene rings is 2. The lowest BCUT2D eigenvalue weighted by atomic mass is 10.2. The van der Waals surface area contributed by atoms with Crippen LogP contribution in [0.25, 0.3) is 11.1 Å². The Morgan fingerprint density at radius 3 is 2.55 bits per heavy atom. The third-order valence-corrected chi connectivity index (χ3v) is 3.13. The molecule has 112 valence electrons. The van der Waals surface area contributed by atoms with Crippen molar-refractivity contribution in [2.24, 2.45) is 5.92 Å². The number of oxazole rings is 1. The Labute approximate surface area is 127 Å². The van der Waals surface area contributed by atoms with E-state index in [-0.39, 0.29) is 17.9 Å². The highest BCUT2D eigenvalue weighted by Gasteiger charge is 2.09. The van der Waals surface area contributed by atoms with Crippen molar-refractivity contribution in [1.29, 1.82) is 0 Å². The van der Waals surface area contributed by atoms with E-state index in [1.807, 2.05) is 38.1 Å². The molecular formula is C17H16N2O3. The predicted octanol–water partition coefficient (Wildman–Crippen LogP) is 4.21. The number of nitrogens with zero attached hydrogens (tertiary/aromatic N) is 1. The molecule has 0 aliphatic rings. The van der Waals surface area contributed by atoms with Gasteiger partial charge in [-0.1, -0.05) is 26.0 Å². The average Bonchev–Trinajstić information content (AvgIpc) is 2.91. The standard InChI is InChI=1S/C17H16N2O3/c1-11(2)16(20)18-12-7-9-13(10-8-12)21-17-19-14-5-3-4-6-15(14)22-17/h3-11H,1-2H3,(H,18,20). The minimum atomic E-state index is -0.0596. The zero-order chi connectivity index (χ0) is 15.5. The smallest absolute Gasteiger partial charge is 0.400 e. The molecule has 0 fully saturated rings. The van der Waals surface area contributed by atoms with Crippen molar-refractivity contribution >= 4 is 22.7 Å². The van der Waals surface area contributed by atoms with Crippen molar-refractivity contribution in [3.05, 3.63) is 48.5 Å². The fraction of sp³-hybridized carbons (Fsp3) is 0.176. The Morgan fingerprint density at radius 1 is 1.14 bits per heavy atom. The highest BCUT2D eigenvalue weighted by atomic mass is 16.6. The molecule has 0 radical (unpaired) electrons. The van der Waals surface area contributed by atoms with Crippen LogP contribution in [-0.4, -0.2) is 10.9 Å². The van der Waals surface area contributed by atoms with Crippen molar-refractivity contribution in [3.63, 3.8) is 0 Å². The van der Waals surface area contributed by atoms with Crippen molar-refractivity contribution in [2.75, 3.05) is 5.32 Å². The molecule has 1 N–H and O–H groups in total. The van der Waals surface area contributed by atoms with E-state index in [0.717, 1.165) is 11.2 Å². The van der Waals surface area contributed by atoms with Gasteiger partial charge in [0.1, 0.15) is 11.3 Å². The lowest BCUT2D eigenvalue weighted by Gasteiger charge is -2.08. The van der Waals surface area contributed by atoms with Crippen LogP contribution in [-0.2, 0) is 4.79 Å². The van der Waals surface area contributed by atoms with Crippen molar-refractivity contribution < 1.29 is 13.9 Å². The van der Waals surface area contributed by atoms with Gasteiger partial charge in [-0.05, 0) is 36.4 Å². The Bertz CT molecular complexity index is 758. The molecule has 0 bridgehead atoms. The Hall–Kier alpha value is -2.82. The summed E-state index contributed by atoms with van der Waals surface area (Å²) in [5.41, 5.74) is 2.15. The number of aromatic nitrogens is 1. The van der Waals surface area contributed by atoms with E-state index in [1.54, 1.807) is 24.3 Å². The molecule has 0 unspecified atom stereocenters. The summed E-state index contributed by atoms with van der Waals surface area (Å²) in [5.74, 6) is 0.511. The molecule has 0 saturated heterocycles. The van der Waals surface area contributed by atoms with E-state index in [4.69, 9.17) is 9.15 Å². The number of nitrogens with one attached hydrogen (secondary N) is 1. The second-order valence-electron chi connectivity index (χ2n) is 5.22. The Morgan fingerprint density at radius 2 is 1.86 bits per heavy atom. The van der Waals surface area contributed by atoms with Gasteiger partial charge in [0.05, 0.1) is 0 Å². The first-order valence-corrected chi connectivity index (χ1v) is 7.06. The maximum absolute atomic E-state index is 11.6. The summed E-state index contributed by atoms with van der Waals surface area (Å²) in [6.07, 6.45) is 0.195. The highest BCUT2D eigenvalue weighted by molar-refractivity contribution is 5.92. The molecule has 5 heteroatoms. The number of carbonyl (C=O) groups excluding carboxylic acids is 1. The summed E-state index contributed by atoms with van der Waals surface area (Å²) >= 11 is 0. The van der Waals surface area contributed by atoms with Crippen LogP contribution in [0.2, 0.25) is 0 Å². The van der Waals surface area contributed by atoms with Crippen LogP contribution in [0.15, 0.2) is 52.9 Å². The van der Waals surface area contributed by atoms with Gasteiger partial charge in [-0.2, -0.15) is 4.98 Å². The minimum absolute atomic E-state index is 0.0207. The fourth-order valence-corrected chi connectivity index (χ4v) is 1.89. The van der Waals surface area contributed by atoms with Gasteiger partial charge in [0.25, 0.3) is 0 Å². The molecule has 2 aromatic carbocycles. The number of amides is 1. The van der Waals surface area contributed by atoms with Gasteiger partial charge in [0, 0.05) is 11.6 Å². The van der Waals surface area contributed by atoms with Gasteiger partial charge < -0.3 is 14.5 Å². The topological polar surface area (TPSA) is 64.4 Å². The van der Waals surface area contributed by atoms with Crippen molar-refractivity contribution in [3.8, 4) is 11.8 Å². The van der Waals surface area contributed by atoms with E-state index in [2.05, 4.69) is 10.3 Å². The van der Waals surface area contributed by atoms with Crippen molar-refractivity contribution in [2.45, 2.75) is 13.8 Å². The lowest BCUT2D eigenvalue weighted by Crippen LogP contribution is -2.17. The van der Waals surface area contributed by atoms with E-state index < -0.39 is 0 Å². The van der Waals surface area contributed by atoms with Crippen LogP contribution < -0.4 is 10.1 Å². The number of ether oxygens (including phenoxy) is 1. The Kier molecular flexibility index (Phi) is 3.78. The number of hydrogen-bond acceptors (Lipinski definition) is 4. The SMILES string of the molecule is CC(C)C(=O)Nc1ccc(Oc2nc3ccccc3o2)cc1. The van der Waals surface area contributed by atoms with Gasteiger partial charge >= 0.3 is 6.08 Å². The zero-order valence-corrected chi connectivity index (χ0v) is 12.4. The van der Waals surface area contributed by atoms with Crippen LogP contribution in [0.5, 0.6) is 11.8 Å². The third kappa shape index (κ3) is 3.09. The molecule has 0 aliphatic carbocycles. The number of para-hydroxylation sites is 2. The number of carbonyl (C=O) groups is 1. The second kappa shape index (κ2) is 5.89. The van der Waals surface area contributed by atoms with Crippen LogP contribution in [0.3, 0.4) is 0 Å². The number of anilines is 1. The Balaban J connectivity index is 1.71. The lowest BCUT2D eigenvalue weighted by molar-refractivity contribution is -0.118. The van der Waals surface area contributed by atoms with Crippen LogP contribution in [0.1, 0.15) is 13.8 Å². The first kappa shape index (κ1) is 14.1. The summed E-state index contributed by atoms with van der Waals surface area (Å²) in [6, 6.07) is 14.5.